The van der Waals surface area contributed by atoms with Gasteiger partial charge in [0.15, 0.2) is 0 Å². The van der Waals surface area contributed by atoms with Gasteiger partial charge >= 0.3 is 11.9 Å². The van der Waals surface area contributed by atoms with Crippen LogP contribution in [-0.2, 0) is 19.1 Å². The lowest BCUT2D eigenvalue weighted by Gasteiger charge is -2.22. The molecule has 2 rings (SSSR count). The monoisotopic (exact) mass is 214 g/mol. The fraction of sp³-hybridized carbons (Fsp3) is 0.800. The Hall–Kier alpha value is -1.10. The Kier molecular flexibility index (Phi) is 2.65. The van der Waals surface area contributed by atoms with E-state index in [1.54, 1.807) is 6.92 Å². The number of fused-ring (bicyclic) bond motifs is 2. The van der Waals surface area contributed by atoms with Crippen molar-refractivity contribution in [3.05, 3.63) is 0 Å². The van der Waals surface area contributed by atoms with Gasteiger partial charge in [0.2, 0.25) is 0 Å². The Morgan fingerprint density at radius 2 is 1.93 bits per heavy atom. The number of hydrogen-bond donors (Lipinski definition) is 1. The molecule has 0 aliphatic carbocycles. The molecule has 0 radical (unpaired) electrons. The molecule has 0 unspecified atom stereocenters. The van der Waals surface area contributed by atoms with Crippen molar-refractivity contribution in [2.24, 2.45) is 11.8 Å². The minimum atomic E-state index is -0.958. The van der Waals surface area contributed by atoms with Crippen LogP contribution in [0, 0.1) is 11.8 Å². The zero-order valence-corrected chi connectivity index (χ0v) is 8.51. The van der Waals surface area contributed by atoms with E-state index in [9.17, 15) is 9.59 Å². The lowest BCUT2D eigenvalue weighted by atomic mass is 9.79. The first-order chi connectivity index (χ1) is 7.15. The molecule has 5 heteroatoms. The third-order valence-corrected chi connectivity index (χ3v) is 3.12. The summed E-state index contributed by atoms with van der Waals surface area (Å²) in [6.45, 7) is 1.99. The van der Waals surface area contributed by atoms with Crippen LogP contribution in [0.2, 0.25) is 0 Å². The van der Waals surface area contributed by atoms with Crippen molar-refractivity contribution in [1.82, 2.24) is 0 Å². The maximum atomic E-state index is 11.6. The van der Waals surface area contributed by atoms with Crippen molar-refractivity contribution in [2.45, 2.75) is 32.0 Å². The Morgan fingerprint density at radius 1 is 1.33 bits per heavy atom. The summed E-state index contributed by atoms with van der Waals surface area (Å²) < 4.78 is 10.3. The van der Waals surface area contributed by atoms with Gasteiger partial charge in [0.05, 0.1) is 30.7 Å². The summed E-state index contributed by atoms with van der Waals surface area (Å²) in [5, 5.41) is 9.04. The number of carbonyl (C=O) groups is 2. The van der Waals surface area contributed by atoms with Gasteiger partial charge in [-0.25, -0.2) is 0 Å². The number of aliphatic carboxylic acids is 1. The summed E-state index contributed by atoms with van der Waals surface area (Å²) in [6, 6.07) is 0. The quantitative estimate of drug-likeness (QED) is 0.689. The largest absolute Gasteiger partial charge is 0.481 e. The van der Waals surface area contributed by atoms with Gasteiger partial charge in [0, 0.05) is 0 Å². The standard InChI is InChI=1S/C10H14O5/c1-2-14-10(13)8-6-4-3-5(15-6)7(8)9(11)12/h5-8H,2-4H2,1H3,(H,11,12)/t5-,6+,7+,8-/m1/s1. The van der Waals surface area contributed by atoms with Gasteiger partial charge < -0.3 is 14.6 Å². The van der Waals surface area contributed by atoms with Crippen molar-refractivity contribution in [3.63, 3.8) is 0 Å². The van der Waals surface area contributed by atoms with Gasteiger partial charge in [-0.3, -0.25) is 9.59 Å². The van der Waals surface area contributed by atoms with E-state index in [1.807, 2.05) is 0 Å². The summed E-state index contributed by atoms with van der Waals surface area (Å²) in [5.74, 6) is -2.72. The van der Waals surface area contributed by atoms with Gasteiger partial charge in [-0.1, -0.05) is 0 Å². The molecular formula is C10H14O5. The van der Waals surface area contributed by atoms with Crippen LogP contribution >= 0.6 is 0 Å². The highest BCUT2D eigenvalue weighted by atomic mass is 16.5. The number of carboxylic acid groups (broad SMARTS) is 1. The second-order valence-electron chi connectivity index (χ2n) is 3.93. The van der Waals surface area contributed by atoms with Crippen LogP contribution in [0.4, 0.5) is 0 Å². The van der Waals surface area contributed by atoms with Crippen LogP contribution in [0.3, 0.4) is 0 Å². The molecule has 5 nitrogen and oxygen atoms in total. The normalized spacial score (nSPS) is 37.9. The second-order valence-corrected chi connectivity index (χ2v) is 3.93. The second kappa shape index (κ2) is 3.81. The van der Waals surface area contributed by atoms with E-state index in [4.69, 9.17) is 14.6 Å². The highest BCUT2D eigenvalue weighted by Crippen LogP contribution is 2.44. The zero-order chi connectivity index (χ0) is 11.0. The number of carbonyl (C=O) groups excluding carboxylic acids is 1. The Morgan fingerprint density at radius 3 is 2.47 bits per heavy atom. The molecule has 2 saturated heterocycles. The molecule has 4 atom stereocenters. The van der Waals surface area contributed by atoms with Crippen molar-refractivity contribution in [3.8, 4) is 0 Å². The SMILES string of the molecule is CCOC(=O)[C@H]1[C@@H](C(=O)O)[C@H]2CC[C@@H]1O2. The topological polar surface area (TPSA) is 72.8 Å². The number of hydrogen-bond acceptors (Lipinski definition) is 4. The average Bonchev–Trinajstić information content (AvgIpc) is 2.76. The molecule has 2 fully saturated rings. The van der Waals surface area contributed by atoms with E-state index in [0.29, 0.717) is 0 Å². The van der Waals surface area contributed by atoms with Gasteiger partial charge in [0.25, 0.3) is 0 Å². The Bertz CT molecular complexity index is 288. The first kappa shape index (κ1) is 10.4. The number of esters is 1. The van der Waals surface area contributed by atoms with E-state index in [1.165, 1.54) is 0 Å². The highest BCUT2D eigenvalue weighted by molar-refractivity contribution is 5.83. The lowest BCUT2D eigenvalue weighted by Crippen LogP contribution is -2.39. The fourth-order valence-corrected chi connectivity index (χ4v) is 2.53. The molecule has 0 aromatic heterocycles. The minimum absolute atomic E-state index is 0.254. The number of ether oxygens (including phenoxy) is 2. The first-order valence-electron chi connectivity index (χ1n) is 5.20. The molecule has 15 heavy (non-hydrogen) atoms. The van der Waals surface area contributed by atoms with Crippen molar-refractivity contribution in [2.75, 3.05) is 6.61 Å². The van der Waals surface area contributed by atoms with Crippen LogP contribution in [0.1, 0.15) is 19.8 Å². The van der Waals surface area contributed by atoms with Gasteiger partial charge in [-0.15, -0.1) is 0 Å². The van der Waals surface area contributed by atoms with Gasteiger partial charge in [-0.05, 0) is 19.8 Å². The average molecular weight is 214 g/mol. The summed E-state index contributed by atoms with van der Waals surface area (Å²) >= 11 is 0. The number of rotatable bonds is 3. The molecule has 84 valence electrons. The molecule has 2 heterocycles. The predicted octanol–water partition coefficient (Wildman–Crippen LogP) is 0.428. The zero-order valence-electron chi connectivity index (χ0n) is 8.51. The lowest BCUT2D eigenvalue weighted by molar-refractivity contribution is -0.157. The molecule has 0 spiro atoms. The smallest absolute Gasteiger partial charge is 0.312 e. The van der Waals surface area contributed by atoms with Crippen LogP contribution in [0.25, 0.3) is 0 Å². The molecule has 0 aromatic carbocycles. The summed E-state index contributed by atoms with van der Waals surface area (Å²) in [5.41, 5.74) is 0. The summed E-state index contributed by atoms with van der Waals surface area (Å²) in [4.78, 5) is 22.6. The maximum Gasteiger partial charge on any atom is 0.312 e. The van der Waals surface area contributed by atoms with Crippen LogP contribution < -0.4 is 0 Å². The van der Waals surface area contributed by atoms with Crippen molar-refractivity contribution in [1.29, 1.82) is 0 Å². The van der Waals surface area contributed by atoms with E-state index in [0.717, 1.165) is 12.8 Å². The predicted molar refractivity (Wildman–Crippen MR) is 49.1 cm³/mol. The van der Waals surface area contributed by atoms with Crippen LogP contribution in [0.5, 0.6) is 0 Å². The van der Waals surface area contributed by atoms with Gasteiger partial charge in [-0.2, -0.15) is 0 Å². The molecule has 2 bridgehead atoms. The molecule has 2 aliphatic rings. The summed E-state index contributed by atoms with van der Waals surface area (Å²) in [7, 11) is 0. The summed E-state index contributed by atoms with van der Waals surface area (Å²) in [6.07, 6.45) is 0.937. The molecular weight excluding hydrogens is 200 g/mol. The van der Waals surface area contributed by atoms with Crippen molar-refractivity contribution < 1.29 is 24.2 Å². The van der Waals surface area contributed by atoms with E-state index < -0.39 is 23.8 Å². The molecule has 0 saturated carbocycles. The Labute approximate surface area is 87.4 Å². The van der Waals surface area contributed by atoms with Crippen LogP contribution in [0.15, 0.2) is 0 Å². The van der Waals surface area contributed by atoms with Crippen LogP contribution in [-0.4, -0.2) is 35.9 Å². The molecule has 0 aromatic rings. The number of carboxylic acids is 1. The third kappa shape index (κ3) is 1.61. The fourth-order valence-electron chi connectivity index (χ4n) is 2.53. The molecule has 2 aliphatic heterocycles. The van der Waals surface area contributed by atoms with E-state index in [2.05, 4.69) is 0 Å². The third-order valence-electron chi connectivity index (χ3n) is 3.12. The van der Waals surface area contributed by atoms with Crippen molar-refractivity contribution >= 4 is 11.9 Å². The maximum absolute atomic E-state index is 11.6. The van der Waals surface area contributed by atoms with E-state index >= 15 is 0 Å². The molecule has 0 amide bonds. The Balaban J connectivity index is 2.14. The van der Waals surface area contributed by atoms with E-state index in [-0.39, 0.29) is 18.8 Å². The minimum Gasteiger partial charge on any atom is -0.481 e. The molecule has 1 N–H and O–H groups in total. The first-order valence-corrected chi connectivity index (χ1v) is 5.20. The highest BCUT2D eigenvalue weighted by Gasteiger charge is 2.56. The van der Waals surface area contributed by atoms with Gasteiger partial charge in [0.1, 0.15) is 0 Å².